The Labute approximate surface area is 83.9 Å². The Morgan fingerprint density at radius 2 is 2.36 bits per heavy atom. The largest absolute Gasteiger partial charge is 0.495 e. The molecule has 0 aliphatic rings. The maximum atomic E-state index is 10.8. The van der Waals surface area contributed by atoms with Crippen LogP contribution in [0.3, 0.4) is 0 Å². The Morgan fingerprint density at radius 3 is 3.00 bits per heavy atom. The van der Waals surface area contributed by atoms with Crippen molar-refractivity contribution in [1.82, 2.24) is 4.37 Å². The molecular formula is C9H7NO3S. The number of aromatic carboxylic acids is 1. The van der Waals surface area contributed by atoms with E-state index in [0.717, 1.165) is 16.2 Å². The van der Waals surface area contributed by atoms with Crippen molar-refractivity contribution in [2.75, 3.05) is 7.11 Å². The maximum Gasteiger partial charge on any atom is 0.356 e. The number of carbonyl (C=O) groups is 1. The predicted molar refractivity (Wildman–Crippen MR) is 53.1 cm³/mol. The second-order valence-corrected chi connectivity index (χ2v) is 3.45. The van der Waals surface area contributed by atoms with Gasteiger partial charge in [0.1, 0.15) is 5.75 Å². The summed E-state index contributed by atoms with van der Waals surface area (Å²) in [5.41, 5.74) is 0.0869. The molecule has 1 heterocycles. The maximum absolute atomic E-state index is 10.8. The van der Waals surface area contributed by atoms with Gasteiger partial charge in [-0.2, -0.15) is 4.37 Å². The summed E-state index contributed by atoms with van der Waals surface area (Å²) < 4.78 is 9.73. The molecule has 0 spiro atoms. The fourth-order valence-electron chi connectivity index (χ4n) is 1.25. The standard InChI is InChI=1S/C9H7NO3S/c1-13-6-4-2-3-5-7(9(11)12)10-14-8(5)6/h2-4H,1H3,(H,11,12). The first-order valence-corrected chi connectivity index (χ1v) is 4.67. The first-order valence-electron chi connectivity index (χ1n) is 3.89. The van der Waals surface area contributed by atoms with Gasteiger partial charge in [-0.15, -0.1) is 0 Å². The van der Waals surface area contributed by atoms with E-state index in [9.17, 15) is 4.79 Å². The van der Waals surface area contributed by atoms with Crippen molar-refractivity contribution in [2.24, 2.45) is 0 Å². The van der Waals surface area contributed by atoms with Crippen LogP contribution >= 0.6 is 11.5 Å². The zero-order chi connectivity index (χ0) is 10.1. The minimum absolute atomic E-state index is 0.0869. The Bertz CT molecular complexity index is 492. The Hall–Kier alpha value is -1.62. The zero-order valence-electron chi connectivity index (χ0n) is 7.35. The number of methoxy groups -OCH3 is 1. The molecule has 0 fully saturated rings. The molecule has 2 aromatic rings. The summed E-state index contributed by atoms with van der Waals surface area (Å²) >= 11 is 1.14. The van der Waals surface area contributed by atoms with Crippen molar-refractivity contribution < 1.29 is 14.6 Å². The quantitative estimate of drug-likeness (QED) is 0.821. The summed E-state index contributed by atoms with van der Waals surface area (Å²) in [5.74, 6) is -0.350. The molecule has 72 valence electrons. The summed E-state index contributed by atoms with van der Waals surface area (Å²) in [7, 11) is 1.55. The predicted octanol–water partition coefficient (Wildman–Crippen LogP) is 2.00. The number of aromatic nitrogens is 1. The number of rotatable bonds is 2. The highest BCUT2D eigenvalue weighted by Crippen LogP contribution is 2.31. The van der Waals surface area contributed by atoms with Gasteiger partial charge in [-0.05, 0) is 17.6 Å². The van der Waals surface area contributed by atoms with Gasteiger partial charge in [0.25, 0.3) is 0 Å². The van der Waals surface area contributed by atoms with E-state index in [1.165, 1.54) is 0 Å². The van der Waals surface area contributed by atoms with E-state index in [-0.39, 0.29) is 5.69 Å². The number of hydrogen-bond acceptors (Lipinski definition) is 4. The van der Waals surface area contributed by atoms with Gasteiger partial charge in [-0.1, -0.05) is 12.1 Å². The molecule has 4 nitrogen and oxygen atoms in total. The van der Waals surface area contributed by atoms with Crippen molar-refractivity contribution in [1.29, 1.82) is 0 Å². The van der Waals surface area contributed by atoms with Crippen molar-refractivity contribution in [2.45, 2.75) is 0 Å². The Kier molecular flexibility index (Phi) is 2.09. The molecule has 0 aliphatic heterocycles. The van der Waals surface area contributed by atoms with Gasteiger partial charge in [0.05, 0.1) is 11.8 Å². The molecule has 0 unspecified atom stereocenters. The smallest absolute Gasteiger partial charge is 0.356 e. The highest BCUT2D eigenvalue weighted by Gasteiger charge is 2.14. The lowest BCUT2D eigenvalue weighted by atomic mass is 10.2. The van der Waals surface area contributed by atoms with Crippen molar-refractivity contribution >= 4 is 27.6 Å². The third kappa shape index (κ3) is 1.22. The van der Waals surface area contributed by atoms with Gasteiger partial charge in [-0.3, -0.25) is 0 Å². The van der Waals surface area contributed by atoms with Crippen LogP contribution in [0.15, 0.2) is 18.2 Å². The average Bonchev–Trinajstić information content (AvgIpc) is 2.60. The number of carboxylic acids is 1. The van der Waals surface area contributed by atoms with Gasteiger partial charge < -0.3 is 9.84 Å². The minimum Gasteiger partial charge on any atom is -0.495 e. The lowest BCUT2D eigenvalue weighted by Gasteiger charge is -1.98. The third-order valence-electron chi connectivity index (χ3n) is 1.88. The van der Waals surface area contributed by atoms with Crippen LogP contribution in [0.4, 0.5) is 0 Å². The Balaban J connectivity index is 2.75. The third-order valence-corrected chi connectivity index (χ3v) is 2.76. The first-order chi connectivity index (χ1) is 6.74. The van der Waals surface area contributed by atoms with Crippen LogP contribution in [-0.4, -0.2) is 22.6 Å². The van der Waals surface area contributed by atoms with E-state index in [1.807, 2.05) is 0 Å². The summed E-state index contributed by atoms with van der Waals surface area (Å²) in [6.07, 6.45) is 0. The van der Waals surface area contributed by atoms with E-state index < -0.39 is 5.97 Å². The molecule has 0 saturated carbocycles. The normalized spacial score (nSPS) is 10.4. The SMILES string of the molecule is COc1cccc2c(C(=O)O)nsc12. The molecule has 0 radical (unpaired) electrons. The van der Waals surface area contributed by atoms with Crippen molar-refractivity contribution in [3.8, 4) is 5.75 Å². The minimum atomic E-state index is -1.01. The van der Waals surface area contributed by atoms with Crippen LogP contribution in [0.25, 0.3) is 10.1 Å². The Morgan fingerprint density at radius 1 is 1.57 bits per heavy atom. The van der Waals surface area contributed by atoms with E-state index >= 15 is 0 Å². The lowest BCUT2D eigenvalue weighted by molar-refractivity contribution is 0.0694. The van der Waals surface area contributed by atoms with Crippen molar-refractivity contribution in [3.63, 3.8) is 0 Å². The van der Waals surface area contributed by atoms with Crippen LogP contribution < -0.4 is 4.74 Å². The summed E-state index contributed by atoms with van der Waals surface area (Å²) in [6, 6.07) is 5.26. The number of carboxylic acid groups (broad SMARTS) is 1. The molecule has 1 aromatic carbocycles. The molecule has 0 aliphatic carbocycles. The van der Waals surface area contributed by atoms with Crippen LogP contribution in [-0.2, 0) is 0 Å². The topological polar surface area (TPSA) is 59.4 Å². The van der Waals surface area contributed by atoms with Gasteiger partial charge in [-0.25, -0.2) is 4.79 Å². The molecule has 0 bridgehead atoms. The fraction of sp³-hybridized carbons (Fsp3) is 0.111. The van der Waals surface area contributed by atoms with E-state index in [4.69, 9.17) is 9.84 Å². The molecule has 5 heteroatoms. The molecule has 0 saturated heterocycles. The highest BCUT2D eigenvalue weighted by molar-refractivity contribution is 7.14. The number of benzene rings is 1. The first kappa shape index (κ1) is 8.96. The number of ether oxygens (including phenoxy) is 1. The van der Waals surface area contributed by atoms with Crippen LogP contribution in [0.2, 0.25) is 0 Å². The molecule has 14 heavy (non-hydrogen) atoms. The second kappa shape index (κ2) is 3.26. The van der Waals surface area contributed by atoms with Crippen LogP contribution in [0, 0.1) is 0 Å². The van der Waals surface area contributed by atoms with Crippen LogP contribution in [0.5, 0.6) is 5.75 Å². The summed E-state index contributed by atoms with van der Waals surface area (Å²) in [5, 5.41) is 9.47. The van der Waals surface area contributed by atoms with E-state index in [2.05, 4.69) is 4.37 Å². The van der Waals surface area contributed by atoms with Gasteiger partial charge >= 0.3 is 5.97 Å². The number of fused-ring (bicyclic) bond motifs is 1. The average molecular weight is 209 g/mol. The second-order valence-electron chi connectivity index (χ2n) is 2.67. The fourth-order valence-corrected chi connectivity index (χ4v) is 2.12. The zero-order valence-corrected chi connectivity index (χ0v) is 8.17. The van der Waals surface area contributed by atoms with Crippen molar-refractivity contribution in [3.05, 3.63) is 23.9 Å². The molecular weight excluding hydrogens is 202 g/mol. The monoisotopic (exact) mass is 209 g/mol. The van der Waals surface area contributed by atoms with E-state index in [1.54, 1.807) is 25.3 Å². The number of hydrogen-bond donors (Lipinski definition) is 1. The number of nitrogens with zero attached hydrogens (tertiary/aromatic N) is 1. The molecule has 0 amide bonds. The lowest BCUT2D eigenvalue weighted by Crippen LogP contribution is -1.96. The van der Waals surface area contributed by atoms with Gasteiger partial charge in [0, 0.05) is 5.39 Å². The van der Waals surface area contributed by atoms with Crippen LogP contribution in [0.1, 0.15) is 10.5 Å². The highest BCUT2D eigenvalue weighted by atomic mass is 32.1. The van der Waals surface area contributed by atoms with E-state index in [0.29, 0.717) is 11.1 Å². The van der Waals surface area contributed by atoms with Gasteiger partial charge in [0.15, 0.2) is 5.69 Å². The molecule has 0 atom stereocenters. The van der Waals surface area contributed by atoms with Gasteiger partial charge in [0.2, 0.25) is 0 Å². The summed E-state index contributed by atoms with van der Waals surface area (Å²) in [4.78, 5) is 10.8. The molecule has 1 aromatic heterocycles. The molecule has 2 rings (SSSR count). The summed E-state index contributed by atoms with van der Waals surface area (Å²) in [6.45, 7) is 0. The molecule has 1 N–H and O–H groups in total.